The number of nitrogens with one attached hydrogen (secondary N) is 1. The molecule has 0 aromatic heterocycles. The summed E-state index contributed by atoms with van der Waals surface area (Å²) in [6.07, 6.45) is 10.1. The highest BCUT2D eigenvalue weighted by Gasteiger charge is 2.33. The molecule has 0 amide bonds. The Hall–Kier alpha value is -0.0800. The number of rotatable bonds is 2. The molecule has 2 bridgehead atoms. The van der Waals surface area contributed by atoms with Crippen LogP contribution in [0.1, 0.15) is 44.9 Å². The van der Waals surface area contributed by atoms with Gasteiger partial charge < -0.3 is 10.2 Å². The molecule has 2 atom stereocenters. The summed E-state index contributed by atoms with van der Waals surface area (Å²) >= 11 is 0. The highest BCUT2D eigenvalue weighted by Crippen LogP contribution is 2.31. The Morgan fingerprint density at radius 1 is 0.933 bits per heavy atom. The molecule has 2 heteroatoms. The van der Waals surface area contributed by atoms with Gasteiger partial charge in [0.1, 0.15) is 0 Å². The summed E-state index contributed by atoms with van der Waals surface area (Å²) in [6, 6.07) is 1.75. The van der Waals surface area contributed by atoms with Crippen LogP contribution in [0.15, 0.2) is 0 Å². The van der Waals surface area contributed by atoms with Crippen LogP contribution in [0.2, 0.25) is 0 Å². The first kappa shape index (κ1) is 10.1. The van der Waals surface area contributed by atoms with E-state index in [9.17, 15) is 0 Å². The molecule has 0 spiro atoms. The van der Waals surface area contributed by atoms with Crippen molar-refractivity contribution in [1.82, 2.24) is 10.2 Å². The molecule has 0 aromatic carbocycles. The van der Waals surface area contributed by atoms with E-state index in [1.54, 1.807) is 0 Å². The fourth-order valence-corrected chi connectivity index (χ4v) is 3.83. The first-order valence-corrected chi connectivity index (χ1v) is 6.88. The van der Waals surface area contributed by atoms with Gasteiger partial charge in [0.25, 0.3) is 0 Å². The van der Waals surface area contributed by atoms with E-state index < -0.39 is 0 Å². The van der Waals surface area contributed by atoms with Crippen molar-refractivity contribution < 1.29 is 0 Å². The Kier molecular flexibility index (Phi) is 2.98. The van der Waals surface area contributed by atoms with E-state index in [-0.39, 0.29) is 0 Å². The Morgan fingerprint density at radius 2 is 1.60 bits per heavy atom. The first-order chi connectivity index (χ1) is 7.40. The minimum absolute atomic E-state index is 0.874. The third kappa shape index (κ3) is 2.36. The van der Waals surface area contributed by atoms with E-state index in [1.807, 2.05) is 0 Å². The van der Waals surface area contributed by atoms with Gasteiger partial charge in [-0.1, -0.05) is 6.42 Å². The van der Waals surface area contributed by atoms with Gasteiger partial charge in [0.2, 0.25) is 0 Å². The Morgan fingerprint density at radius 3 is 2.27 bits per heavy atom. The summed E-state index contributed by atoms with van der Waals surface area (Å²) in [5.41, 5.74) is 0. The lowest BCUT2D eigenvalue weighted by atomic mass is 9.91. The Bertz CT molecular complexity index is 199. The molecule has 3 aliphatic rings. The van der Waals surface area contributed by atoms with Crippen LogP contribution in [0, 0.1) is 5.92 Å². The Balaban J connectivity index is 1.50. The van der Waals surface area contributed by atoms with Crippen LogP contribution < -0.4 is 5.32 Å². The van der Waals surface area contributed by atoms with E-state index in [0.29, 0.717) is 0 Å². The summed E-state index contributed by atoms with van der Waals surface area (Å²) in [7, 11) is 0. The van der Waals surface area contributed by atoms with Crippen molar-refractivity contribution in [2.24, 2.45) is 5.92 Å². The lowest BCUT2D eigenvalue weighted by molar-refractivity contribution is 0.163. The summed E-state index contributed by atoms with van der Waals surface area (Å²) < 4.78 is 0. The van der Waals surface area contributed by atoms with Crippen molar-refractivity contribution in [3.05, 3.63) is 0 Å². The van der Waals surface area contributed by atoms with Crippen LogP contribution in [-0.4, -0.2) is 36.6 Å². The number of hydrogen-bond acceptors (Lipinski definition) is 2. The second-order valence-corrected chi connectivity index (χ2v) is 5.84. The quantitative estimate of drug-likeness (QED) is 0.747. The van der Waals surface area contributed by atoms with E-state index >= 15 is 0 Å². The fourth-order valence-electron chi connectivity index (χ4n) is 3.83. The van der Waals surface area contributed by atoms with Crippen LogP contribution in [0.5, 0.6) is 0 Å². The average Bonchev–Trinajstić information content (AvgIpc) is 2.60. The monoisotopic (exact) mass is 208 g/mol. The lowest BCUT2D eigenvalue weighted by Crippen LogP contribution is -2.43. The maximum Gasteiger partial charge on any atom is 0.00733 e. The normalized spacial score (nSPS) is 42.0. The summed E-state index contributed by atoms with van der Waals surface area (Å²) in [5.74, 6) is 1.00. The number of likely N-dealkylation sites (tertiary alicyclic amines) is 1. The van der Waals surface area contributed by atoms with Gasteiger partial charge in [-0.3, -0.25) is 0 Å². The maximum absolute atomic E-state index is 3.74. The number of piperidine rings is 2. The first-order valence-electron chi connectivity index (χ1n) is 6.88. The fraction of sp³-hybridized carbons (Fsp3) is 1.00. The molecule has 86 valence electrons. The highest BCUT2D eigenvalue weighted by atomic mass is 15.1. The van der Waals surface area contributed by atoms with Crippen molar-refractivity contribution in [2.75, 3.05) is 19.6 Å². The zero-order valence-electron chi connectivity index (χ0n) is 9.75. The van der Waals surface area contributed by atoms with Gasteiger partial charge in [0.15, 0.2) is 0 Å². The van der Waals surface area contributed by atoms with Crippen LogP contribution >= 0.6 is 0 Å². The summed E-state index contributed by atoms with van der Waals surface area (Å²) in [4.78, 5) is 2.72. The van der Waals surface area contributed by atoms with Crippen molar-refractivity contribution in [3.8, 4) is 0 Å². The van der Waals surface area contributed by atoms with E-state index in [4.69, 9.17) is 0 Å². The Labute approximate surface area is 93.4 Å². The SMILES string of the molecule is C1CCN(CC2CC3CCC(C2)N3)CC1. The molecule has 3 heterocycles. The van der Waals surface area contributed by atoms with Gasteiger partial charge in [-0.05, 0) is 57.5 Å². The molecular formula is C13H24N2. The van der Waals surface area contributed by atoms with Gasteiger partial charge >= 0.3 is 0 Å². The minimum atomic E-state index is 0.874. The smallest absolute Gasteiger partial charge is 0.00733 e. The molecule has 3 saturated heterocycles. The predicted molar refractivity (Wildman–Crippen MR) is 63.0 cm³/mol. The van der Waals surface area contributed by atoms with Crippen LogP contribution in [0.4, 0.5) is 0 Å². The predicted octanol–water partition coefficient (Wildman–Crippen LogP) is 2.00. The zero-order valence-corrected chi connectivity index (χ0v) is 9.75. The molecule has 3 aliphatic heterocycles. The average molecular weight is 208 g/mol. The summed E-state index contributed by atoms with van der Waals surface area (Å²) in [5, 5.41) is 3.74. The van der Waals surface area contributed by atoms with Gasteiger partial charge in [-0.25, -0.2) is 0 Å². The lowest BCUT2D eigenvalue weighted by Gasteiger charge is -2.35. The van der Waals surface area contributed by atoms with Gasteiger partial charge in [0.05, 0.1) is 0 Å². The molecule has 0 aliphatic carbocycles. The number of fused-ring (bicyclic) bond motifs is 2. The second-order valence-electron chi connectivity index (χ2n) is 5.84. The maximum atomic E-state index is 3.74. The number of nitrogens with zero attached hydrogens (tertiary/aromatic N) is 1. The molecular weight excluding hydrogens is 184 g/mol. The third-order valence-electron chi connectivity index (χ3n) is 4.54. The second kappa shape index (κ2) is 4.42. The molecule has 0 radical (unpaired) electrons. The van der Waals surface area contributed by atoms with E-state index in [2.05, 4.69) is 10.2 Å². The van der Waals surface area contributed by atoms with Gasteiger partial charge in [-0.15, -0.1) is 0 Å². The highest BCUT2D eigenvalue weighted by molar-refractivity contribution is 4.92. The molecule has 1 N–H and O–H groups in total. The van der Waals surface area contributed by atoms with Crippen LogP contribution in [-0.2, 0) is 0 Å². The largest absolute Gasteiger partial charge is 0.311 e. The van der Waals surface area contributed by atoms with E-state index in [1.165, 1.54) is 64.6 Å². The topological polar surface area (TPSA) is 15.3 Å². The zero-order chi connectivity index (χ0) is 10.1. The van der Waals surface area contributed by atoms with Crippen molar-refractivity contribution in [3.63, 3.8) is 0 Å². The van der Waals surface area contributed by atoms with E-state index in [0.717, 1.165) is 18.0 Å². The molecule has 0 saturated carbocycles. The molecule has 3 rings (SSSR count). The molecule has 3 fully saturated rings. The standard InChI is InChI=1S/C13H24N2/c1-2-6-15(7-3-1)10-11-8-12-4-5-13(9-11)14-12/h11-14H,1-10H2. The van der Waals surface area contributed by atoms with Crippen molar-refractivity contribution in [1.29, 1.82) is 0 Å². The molecule has 0 aromatic rings. The van der Waals surface area contributed by atoms with Crippen molar-refractivity contribution in [2.45, 2.75) is 57.0 Å². The molecule has 15 heavy (non-hydrogen) atoms. The van der Waals surface area contributed by atoms with Crippen LogP contribution in [0.25, 0.3) is 0 Å². The minimum Gasteiger partial charge on any atom is -0.311 e. The van der Waals surface area contributed by atoms with Gasteiger partial charge in [0, 0.05) is 18.6 Å². The summed E-state index contributed by atoms with van der Waals surface area (Å²) in [6.45, 7) is 4.15. The van der Waals surface area contributed by atoms with Crippen molar-refractivity contribution >= 4 is 0 Å². The number of hydrogen-bond donors (Lipinski definition) is 1. The van der Waals surface area contributed by atoms with Gasteiger partial charge in [-0.2, -0.15) is 0 Å². The van der Waals surface area contributed by atoms with Crippen LogP contribution in [0.3, 0.4) is 0 Å². The molecule has 2 unspecified atom stereocenters. The molecule has 2 nitrogen and oxygen atoms in total. The third-order valence-corrected chi connectivity index (χ3v) is 4.54.